The first-order chi connectivity index (χ1) is 4.84. The summed E-state index contributed by atoms with van der Waals surface area (Å²) in [6.07, 6.45) is 1.75. The highest BCUT2D eigenvalue weighted by atomic mass is 32.3. The van der Waals surface area contributed by atoms with Crippen molar-refractivity contribution in [2.24, 2.45) is 4.99 Å². The summed E-state index contributed by atoms with van der Waals surface area (Å²) >= 11 is 0. The highest BCUT2D eigenvalue weighted by Gasteiger charge is 2.29. The Hall–Kier alpha value is -0.690. The maximum Gasteiger partial charge on any atom is 0.251 e. The highest BCUT2D eigenvalue weighted by molar-refractivity contribution is 8.32. The summed E-state index contributed by atoms with van der Waals surface area (Å²) < 4.78 is 42.2. The lowest BCUT2D eigenvalue weighted by Crippen LogP contribution is -2.19. The van der Waals surface area contributed by atoms with Gasteiger partial charge in [0.15, 0.2) is 0 Å². The molecule has 0 saturated heterocycles. The third kappa shape index (κ3) is 1.48. The molecule has 5 nitrogen and oxygen atoms in total. The summed E-state index contributed by atoms with van der Waals surface area (Å²) in [5.41, 5.74) is 0. The average molecular weight is 195 g/mol. The molecular formula is C4H5NO4S2. The number of rotatable bonds is 0. The van der Waals surface area contributed by atoms with E-state index >= 15 is 0 Å². The summed E-state index contributed by atoms with van der Waals surface area (Å²) in [7, 11) is -7.47. The molecule has 0 fully saturated rings. The van der Waals surface area contributed by atoms with Gasteiger partial charge in [0.25, 0.3) is 4.38 Å². The molecular weight excluding hydrogens is 190 g/mol. The van der Waals surface area contributed by atoms with Gasteiger partial charge in [0.05, 0.1) is 5.41 Å². The molecule has 0 aromatic rings. The van der Waals surface area contributed by atoms with E-state index in [4.69, 9.17) is 0 Å². The minimum atomic E-state index is -3.76. The molecule has 0 atom stereocenters. The van der Waals surface area contributed by atoms with Crippen molar-refractivity contribution in [1.82, 2.24) is 0 Å². The molecule has 0 unspecified atom stereocenters. The zero-order chi connectivity index (χ0) is 8.70. The van der Waals surface area contributed by atoms with Crippen molar-refractivity contribution in [2.45, 2.75) is 0 Å². The van der Waals surface area contributed by atoms with Crippen LogP contribution in [-0.4, -0.2) is 27.5 Å². The van der Waals surface area contributed by atoms with E-state index in [0.717, 1.165) is 17.9 Å². The van der Waals surface area contributed by atoms with Gasteiger partial charge >= 0.3 is 0 Å². The van der Waals surface area contributed by atoms with Crippen molar-refractivity contribution in [1.29, 1.82) is 0 Å². The van der Waals surface area contributed by atoms with Crippen LogP contribution >= 0.6 is 0 Å². The molecule has 0 radical (unpaired) electrons. The van der Waals surface area contributed by atoms with Crippen molar-refractivity contribution >= 4 is 24.1 Å². The number of sulfone groups is 2. The van der Waals surface area contributed by atoms with Gasteiger partial charge in [0.2, 0.25) is 19.7 Å². The Bertz CT molecular complexity index is 425. The van der Waals surface area contributed by atoms with E-state index < -0.39 is 24.1 Å². The van der Waals surface area contributed by atoms with Crippen LogP contribution in [0.2, 0.25) is 0 Å². The molecule has 1 aliphatic heterocycles. The Morgan fingerprint density at radius 2 is 2.00 bits per heavy atom. The Labute approximate surface area is 64.3 Å². The van der Waals surface area contributed by atoms with Crippen LogP contribution in [0.3, 0.4) is 0 Å². The molecule has 1 aliphatic rings. The fraction of sp³-hybridized carbons (Fsp3) is 0.250. The quantitative estimate of drug-likeness (QED) is 0.511. The van der Waals surface area contributed by atoms with Gasteiger partial charge in [-0.1, -0.05) is 0 Å². The minimum Gasteiger partial charge on any atom is -0.233 e. The summed E-state index contributed by atoms with van der Waals surface area (Å²) in [6, 6.07) is 0. The molecule has 0 aromatic carbocycles. The molecule has 0 aromatic heterocycles. The lowest BCUT2D eigenvalue weighted by Gasteiger charge is -1.93. The van der Waals surface area contributed by atoms with Crippen molar-refractivity contribution in [2.75, 3.05) is 6.26 Å². The minimum absolute atomic E-state index is 0.753. The third-order valence-corrected chi connectivity index (χ3v) is 4.40. The Morgan fingerprint density at radius 3 is 2.18 bits per heavy atom. The lowest BCUT2D eigenvalue weighted by molar-refractivity contribution is 0.610. The second-order valence-electron chi connectivity index (χ2n) is 2.00. The van der Waals surface area contributed by atoms with Gasteiger partial charge in [0, 0.05) is 12.5 Å². The van der Waals surface area contributed by atoms with Gasteiger partial charge in [0.1, 0.15) is 0 Å². The van der Waals surface area contributed by atoms with E-state index in [2.05, 4.69) is 4.99 Å². The standard InChI is InChI=1S/C4H5NO4S2/c1-10(6,7)4-5-2-3-11(4,8)9/h2-3H,1H3. The van der Waals surface area contributed by atoms with E-state index in [1.54, 1.807) is 0 Å². The monoisotopic (exact) mass is 195 g/mol. The van der Waals surface area contributed by atoms with Gasteiger partial charge in [-0.3, -0.25) is 0 Å². The van der Waals surface area contributed by atoms with Crippen LogP contribution in [0.5, 0.6) is 0 Å². The smallest absolute Gasteiger partial charge is 0.233 e. The predicted molar refractivity (Wildman–Crippen MR) is 40.3 cm³/mol. The van der Waals surface area contributed by atoms with Gasteiger partial charge in [-0.2, -0.15) is 0 Å². The molecule has 0 aliphatic carbocycles. The topological polar surface area (TPSA) is 80.6 Å². The molecule has 1 rings (SSSR count). The summed E-state index contributed by atoms with van der Waals surface area (Å²) in [5, 5.41) is 0.753. The summed E-state index contributed by atoms with van der Waals surface area (Å²) in [5.74, 6) is 0. The fourth-order valence-electron chi connectivity index (χ4n) is 0.610. The van der Waals surface area contributed by atoms with Gasteiger partial charge in [-0.25, -0.2) is 21.8 Å². The van der Waals surface area contributed by atoms with Crippen LogP contribution < -0.4 is 0 Å². The normalized spacial score (nSPS) is 21.7. The van der Waals surface area contributed by atoms with Gasteiger partial charge in [-0.05, 0) is 0 Å². The molecule has 0 amide bonds. The Balaban J connectivity index is 3.38. The van der Waals surface area contributed by atoms with Gasteiger partial charge < -0.3 is 0 Å². The van der Waals surface area contributed by atoms with Crippen molar-refractivity contribution in [3.63, 3.8) is 0 Å². The van der Waals surface area contributed by atoms with Crippen LogP contribution in [0.4, 0.5) is 0 Å². The van der Waals surface area contributed by atoms with E-state index in [1.165, 1.54) is 0 Å². The molecule has 62 valence electrons. The zero-order valence-electron chi connectivity index (χ0n) is 5.55. The first-order valence-electron chi connectivity index (χ1n) is 2.53. The average Bonchev–Trinajstić information content (AvgIpc) is 2.06. The largest absolute Gasteiger partial charge is 0.251 e. The van der Waals surface area contributed by atoms with E-state index in [1.807, 2.05) is 0 Å². The molecule has 0 spiro atoms. The maximum atomic E-state index is 10.8. The fourth-order valence-corrected chi connectivity index (χ4v) is 3.26. The van der Waals surface area contributed by atoms with Crippen LogP contribution in [0.25, 0.3) is 0 Å². The Morgan fingerprint density at radius 1 is 1.45 bits per heavy atom. The summed E-state index contributed by atoms with van der Waals surface area (Å²) in [6.45, 7) is 0. The van der Waals surface area contributed by atoms with E-state index in [9.17, 15) is 16.8 Å². The lowest BCUT2D eigenvalue weighted by atomic mass is 11.1. The molecule has 0 bridgehead atoms. The number of hydrogen-bond acceptors (Lipinski definition) is 5. The molecule has 7 heteroatoms. The number of aliphatic imine (C=N–C) groups is 1. The van der Waals surface area contributed by atoms with Crippen molar-refractivity contribution in [3.8, 4) is 0 Å². The Kier molecular flexibility index (Phi) is 1.64. The first-order valence-corrected chi connectivity index (χ1v) is 5.97. The van der Waals surface area contributed by atoms with Crippen molar-refractivity contribution in [3.05, 3.63) is 11.6 Å². The van der Waals surface area contributed by atoms with E-state index in [0.29, 0.717) is 0 Å². The molecule has 0 N–H and O–H groups in total. The summed E-state index contributed by atoms with van der Waals surface area (Å²) in [4.78, 5) is 3.22. The van der Waals surface area contributed by atoms with Crippen LogP contribution in [0.1, 0.15) is 0 Å². The third-order valence-electron chi connectivity index (χ3n) is 0.981. The number of nitrogens with zero attached hydrogens (tertiary/aromatic N) is 1. The predicted octanol–water partition coefficient (Wildman–Crippen LogP) is -0.713. The second-order valence-corrected chi connectivity index (χ2v) is 5.94. The van der Waals surface area contributed by atoms with Crippen LogP contribution in [0.15, 0.2) is 16.6 Å². The van der Waals surface area contributed by atoms with E-state index in [-0.39, 0.29) is 0 Å². The second kappa shape index (κ2) is 2.15. The highest BCUT2D eigenvalue weighted by Crippen LogP contribution is 2.10. The first kappa shape index (κ1) is 8.41. The SMILES string of the molecule is CS(=O)(=O)C1=NC=CS1(=O)=O. The van der Waals surface area contributed by atoms with Crippen LogP contribution in [0, 0.1) is 0 Å². The maximum absolute atomic E-state index is 10.8. The zero-order valence-corrected chi connectivity index (χ0v) is 7.18. The van der Waals surface area contributed by atoms with Crippen molar-refractivity contribution < 1.29 is 16.8 Å². The number of hydrogen-bond donors (Lipinski definition) is 0. The molecule has 0 saturated carbocycles. The van der Waals surface area contributed by atoms with Gasteiger partial charge in [-0.15, -0.1) is 0 Å². The van der Waals surface area contributed by atoms with Crippen LogP contribution in [-0.2, 0) is 19.7 Å². The molecule has 11 heavy (non-hydrogen) atoms. The molecule has 1 heterocycles.